The van der Waals surface area contributed by atoms with Gasteiger partial charge in [-0.2, -0.15) is 0 Å². The minimum absolute atomic E-state index is 0.275. The lowest BCUT2D eigenvalue weighted by Gasteiger charge is -2.12. The van der Waals surface area contributed by atoms with Gasteiger partial charge in [0.2, 0.25) is 0 Å². The van der Waals surface area contributed by atoms with Gasteiger partial charge in [-0.25, -0.2) is 0 Å². The van der Waals surface area contributed by atoms with Gasteiger partial charge in [0.05, 0.1) is 17.6 Å². The van der Waals surface area contributed by atoms with Crippen molar-refractivity contribution in [2.24, 2.45) is 0 Å². The molecular weight excluding hydrogens is 462 g/mol. The van der Waals surface area contributed by atoms with Crippen LogP contribution in [0.15, 0.2) is 75.9 Å². The van der Waals surface area contributed by atoms with Crippen LogP contribution in [0.1, 0.15) is 20.7 Å². The van der Waals surface area contributed by atoms with Crippen LogP contribution in [-0.4, -0.2) is 16.8 Å². The first-order chi connectivity index (χ1) is 12.5. The lowest BCUT2D eigenvalue weighted by atomic mass is 10.2. The summed E-state index contributed by atoms with van der Waals surface area (Å²) >= 11 is 6.67. The van der Waals surface area contributed by atoms with Crippen molar-refractivity contribution in [3.8, 4) is 0 Å². The predicted molar refractivity (Wildman–Crippen MR) is 108 cm³/mol. The zero-order chi connectivity index (χ0) is 18.5. The van der Waals surface area contributed by atoms with E-state index in [-0.39, 0.29) is 11.8 Å². The molecule has 2 aromatic carbocycles. The third kappa shape index (κ3) is 4.56. The number of hydrogen-bond acceptors (Lipinski definition) is 3. The second-order valence-corrected chi connectivity index (χ2v) is 7.17. The zero-order valence-electron chi connectivity index (χ0n) is 13.4. The number of carbonyl (C=O) groups is 2. The highest BCUT2D eigenvalue weighted by Gasteiger charge is 2.12. The average molecular weight is 475 g/mol. The van der Waals surface area contributed by atoms with Gasteiger partial charge in [-0.05, 0) is 54.6 Å². The minimum atomic E-state index is -0.287. The maximum Gasteiger partial charge on any atom is 0.255 e. The van der Waals surface area contributed by atoms with Crippen LogP contribution in [0.3, 0.4) is 0 Å². The van der Waals surface area contributed by atoms with Gasteiger partial charge in [0, 0.05) is 26.3 Å². The van der Waals surface area contributed by atoms with Gasteiger partial charge in [-0.1, -0.05) is 31.9 Å². The molecule has 0 bridgehead atoms. The lowest BCUT2D eigenvalue weighted by molar-refractivity contribution is 0.101. The molecule has 0 saturated carbocycles. The molecule has 0 radical (unpaired) electrons. The average Bonchev–Trinajstić information content (AvgIpc) is 2.64. The number of rotatable bonds is 4. The van der Waals surface area contributed by atoms with Crippen molar-refractivity contribution < 1.29 is 9.59 Å². The van der Waals surface area contributed by atoms with Crippen LogP contribution in [-0.2, 0) is 0 Å². The molecule has 2 amide bonds. The van der Waals surface area contributed by atoms with Crippen LogP contribution in [0.5, 0.6) is 0 Å². The summed E-state index contributed by atoms with van der Waals surface area (Å²) in [6.07, 6.45) is 3.04. The van der Waals surface area contributed by atoms with Crippen molar-refractivity contribution in [1.29, 1.82) is 0 Å². The molecule has 0 fully saturated rings. The highest BCUT2D eigenvalue weighted by Crippen LogP contribution is 2.22. The van der Waals surface area contributed by atoms with Crippen LogP contribution >= 0.6 is 31.9 Å². The fourth-order valence-corrected chi connectivity index (χ4v) is 2.72. The Morgan fingerprint density at radius 1 is 0.692 bits per heavy atom. The Morgan fingerprint density at radius 2 is 1.15 bits per heavy atom. The molecule has 3 aromatic rings. The van der Waals surface area contributed by atoms with Gasteiger partial charge >= 0.3 is 0 Å². The summed E-state index contributed by atoms with van der Waals surface area (Å²) in [6, 6.07) is 15.6. The summed E-state index contributed by atoms with van der Waals surface area (Å²) in [5.74, 6) is -0.563. The molecule has 0 atom stereocenters. The van der Waals surface area contributed by atoms with Gasteiger partial charge in [0.15, 0.2) is 0 Å². The second-order valence-electron chi connectivity index (χ2n) is 5.34. The Bertz CT molecular complexity index is 863. The molecule has 5 nitrogen and oxygen atoms in total. The van der Waals surface area contributed by atoms with Gasteiger partial charge in [0.1, 0.15) is 0 Å². The summed E-state index contributed by atoms with van der Waals surface area (Å²) in [4.78, 5) is 28.8. The third-order valence-electron chi connectivity index (χ3n) is 3.53. The van der Waals surface area contributed by atoms with Gasteiger partial charge in [-0.3, -0.25) is 14.6 Å². The van der Waals surface area contributed by atoms with Crippen LogP contribution in [0.25, 0.3) is 0 Å². The van der Waals surface area contributed by atoms with Crippen molar-refractivity contribution in [2.45, 2.75) is 0 Å². The van der Waals surface area contributed by atoms with E-state index in [0.717, 1.165) is 8.95 Å². The highest BCUT2D eigenvalue weighted by atomic mass is 79.9. The normalized spacial score (nSPS) is 10.2. The number of hydrogen-bond donors (Lipinski definition) is 2. The number of carbonyl (C=O) groups excluding carboxylic acids is 2. The van der Waals surface area contributed by atoms with E-state index in [1.807, 2.05) is 0 Å². The Morgan fingerprint density at radius 3 is 1.65 bits per heavy atom. The van der Waals surface area contributed by atoms with Crippen molar-refractivity contribution in [2.75, 3.05) is 10.6 Å². The van der Waals surface area contributed by atoms with E-state index < -0.39 is 0 Å². The van der Waals surface area contributed by atoms with Crippen LogP contribution in [0.4, 0.5) is 11.4 Å². The molecule has 0 aliphatic rings. The quantitative estimate of drug-likeness (QED) is 0.551. The third-order valence-corrected chi connectivity index (χ3v) is 4.59. The molecule has 130 valence electrons. The summed E-state index contributed by atoms with van der Waals surface area (Å²) in [6.45, 7) is 0. The topological polar surface area (TPSA) is 71.1 Å². The Balaban J connectivity index is 1.77. The van der Waals surface area contributed by atoms with Gasteiger partial charge in [-0.15, -0.1) is 0 Å². The largest absolute Gasteiger partial charge is 0.320 e. The number of benzene rings is 2. The number of amides is 2. The number of aromatic nitrogens is 1. The maximum absolute atomic E-state index is 12.4. The Hall–Kier alpha value is -2.51. The van der Waals surface area contributed by atoms with Gasteiger partial charge < -0.3 is 10.6 Å². The first-order valence-corrected chi connectivity index (χ1v) is 9.19. The number of nitrogens with one attached hydrogen (secondary N) is 2. The Kier molecular flexibility index (Phi) is 5.80. The van der Waals surface area contributed by atoms with E-state index in [9.17, 15) is 9.59 Å². The number of nitrogens with zero attached hydrogens (tertiary/aromatic N) is 1. The number of anilines is 2. The fourth-order valence-electron chi connectivity index (χ4n) is 2.19. The molecule has 0 aliphatic carbocycles. The zero-order valence-corrected chi connectivity index (χ0v) is 16.5. The summed E-state index contributed by atoms with van der Waals surface area (Å²) in [5, 5.41) is 5.57. The molecule has 3 rings (SSSR count). The van der Waals surface area contributed by atoms with Crippen molar-refractivity contribution >= 4 is 55.0 Å². The predicted octanol–water partition coefficient (Wildman–Crippen LogP) is 5.11. The van der Waals surface area contributed by atoms with Crippen LogP contribution in [0.2, 0.25) is 0 Å². The summed E-state index contributed by atoms with van der Waals surface area (Å²) in [5.41, 5.74) is 1.90. The second kappa shape index (κ2) is 8.25. The van der Waals surface area contributed by atoms with Crippen molar-refractivity contribution in [3.05, 3.63) is 87.1 Å². The van der Waals surface area contributed by atoms with E-state index in [1.165, 1.54) is 6.20 Å². The Labute approximate surface area is 167 Å². The van der Waals surface area contributed by atoms with E-state index >= 15 is 0 Å². The summed E-state index contributed by atoms with van der Waals surface area (Å²) in [7, 11) is 0. The molecule has 1 aromatic heterocycles. The van der Waals surface area contributed by atoms with Crippen molar-refractivity contribution in [1.82, 2.24) is 4.98 Å². The van der Waals surface area contributed by atoms with Crippen LogP contribution < -0.4 is 10.6 Å². The number of pyridine rings is 1. The number of halogens is 2. The van der Waals surface area contributed by atoms with E-state index in [0.29, 0.717) is 22.5 Å². The molecule has 1 heterocycles. The van der Waals surface area contributed by atoms with E-state index in [4.69, 9.17) is 0 Å². The minimum Gasteiger partial charge on any atom is -0.320 e. The molecule has 26 heavy (non-hydrogen) atoms. The van der Waals surface area contributed by atoms with Gasteiger partial charge in [0.25, 0.3) is 11.8 Å². The molecule has 2 N–H and O–H groups in total. The fraction of sp³-hybridized carbons (Fsp3) is 0. The van der Waals surface area contributed by atoms with Crippen LogP contribution in [0, 0.1) is 0 Å². The first kappa shape index (κ1) is 18.3. The molecule has 0 spiro atoms. The molecule has 7 heteroatoms. The molecule has 0 unspecified atom stereocenters. The molecule has 0 aliphatic heterocycles. The lowest BCUT2D eigenvalue weighted by Crippen LogP contribution is -2.17. The monoisotopic (exact) mass is 473 g/mol. The maximum atomic E-state index is 12.4. The standard InChI is InChI=1S/C19H13Br2N3O2/c20-14-5-1-12(2-6-14)18(25)23-16-9-10-22-11-17(16)24-19(26)13-3-7-15(21)8-4-13/h1-11H,(H,24,26)(H,22,23,25). The van der Waals surface area contributed by atoms with E-state index in [2.05, 4.69) is 47.5 Å². The SMILES string of the molecule is O=C(Nc1ccncc1NC(=O)c1ccc(Br)cc1)c1ccc(Br)cc1. The molecular formula is C19H13Br2N3O2. The van der Waals surface area contributed by atoms with E-state index in [1.54, 1.807) is 60.8 Å². The smallest absolute Gasteiger partial charge is 0.255 e. The first-order valence-electron chi connectivity index (χ1n) is 7.61. The molecule has 0 saturated heterocycles. The van der Waals surface area contributed by atoms with Crippen molar-refractivity contribution in [3.63, 3.8) is 0 Å². The highest BCUT2D eigenvalue weighted by molar-refractivity contribution is 9.10. The summed E-state index contributed by atoms with van der Waals surface area (Å²) < 4.78 is 1.78.